The number of hydrogen-bond acceptors (Lipinski definition) is 2. The summed E-state index contributed by atoms with van der Waals surface area (Å²) in [7, 11) is 0. The summed E-state index contributed by atoms with van der Waals surface area (Å²) in [6.45, 7) is 0. The number of halogens is 2. The maximum atomic E-state index is 10.9. The molecule has 0 spiro atoms. The number of amides is 1. The summed E-state index contributed by atoms with van der Waals surface area (Å²) in [5.74, 6) is -0.446. The van der Waals surface area contributed by atoms with Crippen molar-refractivity contribution in [2.24, 2.45) is 5.73 Å². The first-order chi connectivity index (χ1) is 6.58. The van der Waals surface area contributed by atoms with Crippen LogP contribution in [-0.2, 0) is 0 Å². The van der Waals surface area contributed by atoms with E-state index in [0.29, 0.717) is 14.9 Å². The van der Waals surface area contributed by atoms with Crippen molar-refractivity contribution in [3.8, 4) is 0 Å². The topological polar surface area (TPSA) is 43.1 Å². The van der Waals surface area contributed by atoms with Crippen molar-refractivity contribution in [1.29, 1.82) is 0 Å². The van der Waals surface area contributed by atoms with Crippen molar-refractivity contribution in [3.63, 3.8) is 0 Å². The average molecular weight is 246 g/mol. The van der Waals surface area contributed by atoms with Crippen LogP contribution in [0.15, 0.2) is 18.2 Å². The molecular formula is C9H5Cl2NOS. The third-order valence-corrected chi connectivity index (χ3v) is 3.42. The van der Waals surface area contributed by atoms with Crippen LogP contribution in [0.4, 0.5) is 0 Å². The Labute approximate surface area is 94.2 Å². The molecule has 1 aromatic heterocycles. The molecule has 0 unspecified atom stereocenters. The number of hydrogen-bond donors (Lipinski definition) is 1. The minimum Gasteiger partial charge on any atom is -0.365 e. The van der Waals surface area contributed by atoms with E-state index in [1.165, 1.54) is 11.3 Å². The van der Waals surface area contributed by atoms with Gasteiger partial charge in [-0.2, -0.15) is 0 Å². The first-order valence-electron chi connectivity index (χ1n) is 3.76. The lowest BCUT2D eigenvalue weighted by atomic mass is 10.2. The van der Waals surface area contributed by atoms with Crippen molar-refractivity contribution in [1.82, 2.24) is 0 Å². The number of carbonyl (C=O) groups is 1. The third-order valence-electron chi connectivity index (χ3n) is 1.79. The lowest BCUT2D eigenvalue weighted by molar-refractivity contribution is 0.100. The van der Waals surface area contributed by atoms with Crippen LogP contribution in [0.2, 0.25) is 10.0 Å². The fourth-order valence-corrected chi connectivity index (χ4v) is 2.83. The van der Waals surface area contributed by atoms with Gasteiger partial charge in [-0.05, 0) is 18.2 Å². The summed E-state index contributed by atoms with van der Waals surface area (Å²) in [4.78, 5) is 11.4. The highest BCUT2D eigenvalue weighted by Gasteiger charge is 2.09. The Bertz CT molecular complexity index is 521. The standard InChI is InChI=1S/C9H5Cl2NOS/c10-4-1-6(11)5-3-8(9(12)13)14-7(5)2-4/h1-3H,(H2,12,13). The zero-order valence-corrected chi connectivity index (χ0v) is 9.21. The Kier molecular flexibility index (Phi) is 2.39. The summed E-state index contributed by atoms with van der Waals surface area (Å²) < 4.78 is 0.872. The molecule has 0 bridgehead atoms. The van der Waals surface area contributed by atoms with Crippen LogP contribution in [0.1, 0.15) is 9.67 Å². The normalized spacial score (nSPS) is 10.7. The summed E-state index contributed by atoms with van der Waals surface area (Å²) in [6, 6.07) is 5.09. The van der Waals surface area contributed by atoms with Crippen molar-refractivity contribution >= 4 is 50.5 Å². The van der Waals surface area contributed by atoms with Gasteiger partial charge < -0.3 is 5.73 Å². The highest BCUT2D eigenvalue weighted by atomic mass is 35.5. The Hall–Kier alpha value is -0.770. The number of fused-ring (bicyclic) bond motifs is 1. The van der Waals surface area contributed by atoms with Crippen LogP contribution in [0.3, 0.4) is 0 Å². The molecule has 1 amide bonds. The number of primary amides is 1. The zero-order chi connectivity index (χ0) is 10.3. The Morgan fingerprint density at radius 2 is 2.00 bits per heavy atom. The fourth-order valence-electron chi connectivity index (χ4n) is 1.19. The molecule has 72 valence electrons. The summed E-state index contributed by atoms with van der Waals surface area (Å²) in [5, 5.41) is 1.91. The summed E-state index contributed by atoms with van der Waals surface area (Å²) in [5.41, 5.74) is 5.16. The average Bonchev–Trinajstić information content (AvgIpc) is 2.47. The molecule has 0 fully saturated rings. The van der Waals surface area contributed by atoms with Crippen LogP contribution >= 0.6 is 34.5 Å². The van der Waals surface area contributed by atoms with Crippen molar-refractivity contribution in [3.05, 3.63) is 33.1 Å². The van der Waals surface area contributed by atoms with Gasteiger partial charge in [0.1, 0.15) is 0 Å². The van der Waals surface area contributed by atoms with Gasteiger partial charge in [-0.3, -0.25) is 4.79 Å². The monoisotopic (exact) mass is 245 g/mol. The van der Waals surface area contributed by atoms with Crippen LogP contribution < -0.4 is 5.73 Å². The molecule has 2 aromatic rings. The van der Waals surface area contributed by atoms with Gasteiger partial charge in [0.05, 0.1) is 9.90 Å². The Morgan fingerprint density at radius 3 is 2.64 bits per heavy atom. The highest BCUT2D eigenvalue weighted by Crippen LogP contribution is 2.33. The molecule has 0 atom stereocenters. The number of benzene rings is 1. The lowest BCUT2D eigenvalue weighted by Gasteiger charge is -1.93. The molecule has 5 heteroatoms. The van der Waals surface area contributed by atoms with Crippen LogP contribution in [0.5, 0.6) is 0 Å². The molecule has 2 rings (SSSR count). The van der Waals surface area contributed by atoms with E-state index < -0.39 is 5.91 Å². The number of carbonyl (C=O) groups excluding carboxylic acids is 1. The molecule has 0 aliphatic carbocycles. The van der Waals surface area contributed by atoms with Crippen molar-refractivity contribution in [2.75, 3.05) is 0 Å². The minimum absolute atomic E-state index is 0.446. The highest BCUT2D eigenvalue weighted by molar-refractivity contribution is 7.21. The molecule has 14 heavy (non-hydrogen) atoms. The summed E-state index contributed by atoms with van der Waals surface area (Å²) in [6.07, 6.45) is 0. The molecular weight excluding hydrogens is 241 g/mol. The van der Waals surface area contributed by atoms with Crippen LogP contribution in [0.25, 0.3) is 10.1 Å². The molecule has 0 saturated heterocycles. The zero-order valence-electron chi connectivity index (χ0n) is 6.88. The molecule has 2 N–H and O–H groups in total. The maximum Gasteiger partial charge on any atom is 0.258 e. The smallest absolute Gasteiger partial charge is 0.258 e. The summed E-state index contributed by atoms with van der Waals surface area (Å²) >= 11 is 13.1. The molecule has 0 saturated carbocycles. The van der Waals surface area contributed by atoms with E-state index in [4.69, 9.17) is 28.9 Å². The van der Waals surface area contributed by atoms with E-state index in [-0.39, 0.29) is 0 Å². The van der Waals surface area contributed by atoms with E-state index >= 15 is 0 Å². The van der Waals surface area contributed by atoms with Gasteiger partial charge in [0.15, 0.2) is 0 Å². The van der Waals surface area contributed by atoms with Crippen molar-refractivity contribution in [2.45, 2.75) is 0 Å². The van der Waals surface area contributed by atoms with Crippen LogP contribution in [0, 0.1) is 0 Å². The van der Waals surface area contributed by atoms with Gasteiger partial charge in [-0.15, -0.1) is 11.3 Å². The van der Waals surface area contributed by atoms with Gasteiger partial charge in [-0.25, -0.2) is 0 Å². The predicted octanol–water partition coefficient (Wildman–Crippen LogP) is 3.31. The molecule has 0 aliphatic rings. The largest absolute Gasteiger partial charge is 0.365 e. The van der Waals surface area contributed by atoms with Gasteiger partial charge in [0.2, 0.25) is 0 Å². The fraction of sp³-hybridized carbons (Fsp3) is 0. The van der Waals surface area contributed by atoms with Gasteiger partial charge in [0.25, 0.3) is 5.91 Å². The van der Waals surface area contributed by atoms with E-state index in [0.717, 1.165) is 10.1 Å². The molecule has 0 aliphatic heterocycles. The van der Waals surface area contributed by atoms with E-state index in [2.05, 4.69) is 0 Å². The molecule has 2 nitrogen and oxygen atoms in total. The minimum atomic E-state index is -0.446. The predicted molar refractivity (Wildman–Crippen MR) is 60.4 cm³/mol. The molecule has 1 aromatic carbocycles. The molecule has 0 radical (unpaired) electrons. The maximum absolute atomic E-state index is 10.9. The van der Waals surface area contributed by atoms with Crippen LogP contribution in [-0.4, -0.2) is 5.91 Å². The number of nitrogens with two attached hydrogens (primary N) is 1. The first-order valence-corrected chi connectivity index (χ1v) is 5.33. The van der Waals surface area contributed by atoms with Crippen molar-refractivity contribution < 1.29 is 4.79 Å². The second-order valence-electron chi connectivity index (χ2n) is 2.77. The van der Waals surface area contributed by atoms with E-state index in [9.17, 15) is 4.79 Å². The van der Waals surface area contributed by atoms with E-state index in [1.807, 2.05) is 0 Å². The first kappa shape index (κ1) is 9.77. The third kappa shape index (κ3) is 1.59. The van der Waals surface area contributed by atoms with E-state index in [1.54, 1.807) is 18.2 Å². The SMILES string of the molecule is NC(=O)c1cc2c(Cl)cc(Cl)cc2s1. The second kappa shape index (κ2) is 3.42. The number of rotatable bonds is 1. The van der Waals surface area contributed by atoms with Gasteiger partial charge >= 0.3 is 0 Å². The Morgan fingerprint density at radius 1 is 1.29 bits per heavy atom. The van der Waals surface area contributed by atoms with Gasteiger partial charge in [0, 0.05) is 15.1 Å². The number of thiophene rings is 1. The molecule has 1 heterocycles. The lowest BCUT2D eigenvalue weighted by Crippen LogP contribution is -2.07. The Balaban J connectivity index is 2.76. The quantitative estimate of drug-likeness (QED) is 0.824. The second-order valence-corrected chi connectivity index (χ2v) is 4.70. The van der Waals surface area contributed by atoms with Gasteiger partial charge in [-0.1, -0.05) is 23.2 Å².